The number of hydrogen-bond acceptors (Lipinski definition) is 3. The number of aromatic nitrogens is 2. The minimum absolute atomic E-state index is 0.0147. The Labute approximate surface area is 158 Å². The largest absolute Gasteiger partial charge is 0.353 e. The highest BCUT2D eigenvalue weighted by Crippen LogP contribution is 2.25. The summed E-state index contributed by atoms with van der Waals surface area (Å²) in [6.45, 7) is 6.64. The van der Waals surface area contributed by atoms with Crippen molar-refractivity contribution in [2.75, 3.05) is 6.54 Å². The van der Waals surface area contributed by atoms with Crippen molar-refractivity contribution in [1.29, 1.82) is 0 Å². The molecule has 0 spiro atoms. The molecular weight excluding hydrogens is 342 g/mol. The monoisotopic (exact) mass is 367 g/mol. The summed E-state index contributed by atoms with van der Waals surface area (Å²) in [4.78, 5) is 14.0. The van der Waals surface area contributed by atoms with Gasteiger partial charge in [-0.15, -0.1) is 11.3 Å². The van der Waals surface area contributed by atoms with Gasteiger partial charge in [0.15, 0.2) is 0 Å². The molecule has 1 amide bonds. The van der Waals surface area contributed by atoms with Crippen LogP contribution in [0.2, 0.25) is 0 Å². The third-order valence-corrected chi connectivity index (χ3v) is 5.58. The van der Waals surface area contributed by atoms with Gasteiger partial charge in [0.05, 0.1) is 11.6 Å². The Kier molecular flexibility index (Phi) is 5.89. The SMILES string of the molecule is CC[C@H](C(=O)NC[C@H](c1cccs1)n1nc(C)cc1C)c1ccccc1. The summed E-state index contributed by atoms with van der Waals surface area (Å²) in [6.07, 6.45) is 0.777. The lowest BCUT2D eigenvalue weighted by Crippen LogP contribution is -2.35. The lowest BCUT2D eigenvalue weighted by molar-refractivity contribution is -0.122. The van der Waals surface area contributed by atoms with Gasteiger partial charge in [0.2, 0.25) is 5.91 Å². The van der Waals surface area contributed by atoms with Gasteiger partial charge in [0.25, 0.3) is 0 Å². The molecule has 0 aliphatic carbocycles. The minimum Gasteiger partial charge on any atom is -0.353 e. The van der Waals surface area contributed by atoms with Crippen LogP contribution in [0.15, 0.2) is 53.9 Å². The van der Waals surface area contributed by atoms with E-state index in [0.717, 1.165) is 23.4 Å². The lowest BCUT2D eigenvalue weighted by Gasteiger charge is -2.21. The topological polar surface area (TPSA) is 46.9 Å². The highest BCUT2D eigenvalue weighted by molar-refractivity contribution is 7.10. The molecule has 0 radical (unpaired) electrons. The fourth-order valence-corrected chi connectivity index (χ4v) is 4.14. The first kappa shape index (κ1) is 18.4. The number of carbonyl (C=O) groups excluding carboxylic acids is 1. The summed E-state index contributed by atoms with van der Waals surface area (Å²) in [5.74, 6) is -0.0533. The van der Waals surface area contributed by atoms with Gasteiger partial charge in [-0.3, -0.25) is 9.48 Å². The number of benzene rings is 1. The number of thiophene rings is 1. The molecule has 0 bridgehead atoms. The number of nitrogens with zero attached hydrogens (tertiary/aromatic N) is 2. The van der Waals surface area contributed by atoms with Gasteiger partial charge in [-0.05, 0) is 43.3 Å². The Balaban J connectivity index is 1.78. The standard InChI is InChI=1S/C21H25N3OS/c1-4-18(17-9-6-5-7-10-17)21(25)22-14-19(20-11-8-12-26-20)24-16(3)13-15(2)23-24/h5-13,18-19H,4,14H2,1-3H3,(H,22,25)/t18-,19+/m0/s1. The van der Waals surface area contributed by atoms with Crippen LogP contribution in [0.4, 0.5) is 0 Å². The molecule has 0 fully saturated rings. The van der Waals surface area contributed by atoms with E-state index in [1.165, 1.54) is 4.88 Å². The quantitative estimate of drug-likeness (QED) is 0.670. The van der Waals surface area contributed by atoms with Gasteiger partial charge in [0, 0.05) is 17.1 Å². The van der Waals surface area contributed by atoms with Crippen molar-refractivity contribution < 1.29 is 4.79 Å². The van der Waals surface area contributed by atoms with E-state index in [2.05, 4.69) is 41.8 Å². The number of hydrogen-bond donors (Lipinski definition) is 1. The van der Waals surface area contributed by atoms with E-state index in [1.807, 2.05) is 48.0 Å². The summed E-state index contributed by atoms with van der Waals surface area (Å²) in [5.41, 5.74) is 3.16. The summed E-state index contributed by atoms with van der Waals surface area (Å²) >= 11 is 1.69. The van der Waals surface area contributed by atoms with Crippen molar-refractivity contribution in [2.24, 2.45) is 0 Å². The molecule has 136 valence electrons. The van der Waals surface area contributed by atoms with E-state index in [-0.39, 0.29) is 17.9 Å². The summed E-state index contributed by atoms with van der Waals surface area (Å²) in [7, 11) is 0. The van der Waals surface area contributed by atoms with Crippen molar-refractivity contribution in [3.63, 3.8) is 0 Å². The summed E-state index contributed by atoms with van der Waals surface area (Å²) in [6, 6.07) is 16.2. The maximum atomic E-state index is 12.8. The van der Waals surface area contributed by atoms with Gasteiger partial charge >= 0.3 is 0 Å². The predicted octanol–water partition coefficient (Wildman–Crippen LogP) is 4.46. The second kappa shape index (κ2) is 8.32. The molecule has 4 nitrogen and oxygen atoms in total. The van der Waals surface area contributed by atoms with E-state index < -0.39 is 0 Å². The lowest BCUT2D eigenvalue weighted by atomic mass is 9.95. The third-order valence-electron chi connectivity index (χ3n) is 4.61. The fraction of sp³-hybridized carbons (Fsp3) is 0.333. The first-order chi connectivity index (χ1) is 12.6. The van der Waals surface area contributed by atoms with Crippen molar-refractivity contribution >= 4 is 17.2 Å². The van der Waals surface area contributed by atoms with Gasteiger partial charge in [-0.25, -0.2) is 0 Å². The van der Waals surface area contributed by atoms with Crippen LogP contribution in [0.1, 0.15) is 47.1 Å². The maximum absolute atomic E-state index is 12.8. The van der Waals surface area contributed by atoms with Crippen LogP contribution < -0.4 is 5.32 Å². The van der Waals surface area contributed by atoms with Crippen molar-refractivity contribution in [2.45, 2.75) is 39.2 Å². The van der Waals surface area contributed by atoms with Crippen LogP contribution in [-0.4, -0.2) is 22.2 Å². The highest BCUT2D eigenvalue weighted by Gasteiger charge is 2.22. The van der Waals surface area contributed by atoms with E-state index >= 15 is 0 Å². The molecule has 0 unspecified atom stereocenters. The molecule has 1 aromatic carbocycles. The summed E-state index contributed by atoms with van der Waals surface area (Å²) in [5, 5.41) is 9.87. The van der Waals surface area contributed by atoms with E-state index in [9.17, 15) is 4.79 Å². The van der Waals surface area contributed by atoms with Crippen LogP contribution in [0, 0.1) is 13.8 Å². The van der Waals surface area contributed by atoms with Crippen molar-refractivity contribution in [1.82, 2.24) is 15.1 Å². The molecule has 0 aliphatic rings. The zero-order valence-electron chi connectivity index (χ0n) is 15.5. The highest BCUT2D eigenvalue weighted by atomic mass is 32.1. The number of carbonyl (C=O) groups is 1. The predicted molar refractivity (Wildman–Crippen MR) is 107 cm³/mol. The number of rotatable bonds is 7. The average Bonchev–Trinajstić information content (AvgIpc) is 3.27. The zero-order valence-corrected chi connectivity index (χ0v) is 16.3. The summed E-state index contributed by atoms with van der Waals surface area (Å²) < 4.78 is 2.02. The van der Waals surface area contributed by atoms with E-state index in [4.69, 9.17) is 0 Å². The van der Waals surface area contributed by atoms with Crippen molar-refractivity contribution in [3.05, 3.63) is 75.7 Å². The van der Waals surface area contributed by atoms with E-state index in [0.29, 0.717) is 6.54 Å². The molecule has 0 aliphatic heterocycles. The molecule has 1 N–H and O–H groups in total. The molecule has 2 aromatic heterocycles. The van der Waals surface area contributed by atoms with Crippen LogP contribution in [0.5, 0.6) is 0 Å². The molecule has 3 aromatic rings. The molecule has 0 saturated carbocycles. The molecule has 5 heteroatoms. The Morgan fingerprint density at radius 1 is 1.19 bits per heavy atom. The number of nitrogens with one attached hydrogen (secondary N) is 1. The van der Waals surface area contributed by atoms with Gasteiger partial charge in [-0.1, -0.05) is 43.3 Å². The minimum atomic E-state index is -0.124. The number of amides is 1. The first-order valence-corrected chi connectivity index (χ1v) is 9.87. The average molecular weight is 368 g/mol. The molecular formula is C21H25N3OS. The van der Waals surface area contributed by atoms with Gasteiger partial charge in [0.1, 0.15) is 6.04 Å². The molecule has 0 saturated heterocycles. The van der Waals surface area contributed by atoms with Crippen LogP contribution in [0.25, 0.3) is 0 Å². The van der Waals surface area contributed by atoms with Crippen LogP contribution in [0.3, 0.4) is 0 Å². The number of aryl methyl sites for hydroxylation is 2. The Hall–Kier alpha value is -2.40. The van der Waals surface area contributed by atoms with Gasteiger partial charge < -0.3 is 5.32 Å². The molecule has 26 heavy (non-hydrogen) atoms. The maximum Gasteiger partial charge on any atom is 0.227 e. The molecule has 2 heterocycles. The smallest absolute Gasteiger partial charge is 0.227 e. The normalized spacial score (nSPS) is 13.3. The Morgan fingerprint density at radius 3 is 2.54 bits per heavy atom. The third kappa shape index (κ3) is 4.05. The molecule has 3 rings (SSSR count). The Bertz CT molecular complexity index is 840. The zero-order chi connectivity index (χ0) is 18.5. The Morgan fingerprint density at radius 2 is 1.96 bits per heavy atom. The second-order valence-corrected chi connectivity index (χ2v) is 7.50. The second-order valence-electron chi connectivity index (χ2n) is 6.52. The molecule has 2 atom stereocenters. The first-order valence-electron chi connectivity index (χ1n) is 8.99. The fourth-order valence-electron chi connectivity index (χ4n) is 3.33. The van der Waals surface area contributed by atoms with E-state index in [1.54, 1.807) is 11.3 Å². The van der Waals surface area contributed by atoms with Crippen LogP contribution in [-0.2, 0) is 4.79 Å². The van der Waals surface area contributed by atoms with Gasteiger partial charge in [-0.2, -0.15) is 5.10 Å². The van der Waals surface area contributed by atoms with Crippen LogP contribution >= 0.6 is 11.3 Å². The van der Waals surface area contributed by atoms with Crippen molar-refractivity contribution in [3.8, 4) is 0 Å².